The molecular weight excluding hydrogens is 176 g/mol. The maximum atomic E-state index is 11.0. The zero-order chi connectivity index (χ0) is 10.1. The molecule has 0 radical (unpaired) electrons. The zero-order valence-electron chi connectivity index (χ0n) is 8.32. The second-order valence-corrected chi connectivity index (χ2v) is 3.48. The lowest BCUT2D eigenvalue weighted by molar-refractivity contribution is -0.116. The van der Waals surface area contributed by atoms with Crippen molar-refractivity contribution in [2.75, 3.05) is 0 Å². The van der Waals surface area contributed by atoms with Crippen LogP contribution in [0.15, 0.2) is 24.4 Å². The van der Waals surface area contributed by atoms with Crippen LogP contribution in [-0.4, -0.2) is 15.2 Å². The smallest absolute Gasteiger partial charge is 0.137 e. The molecule has 0 bridgehead atoms. The van der Waals surface area contributed by atoms with Crippen LogP contribution >= 0.6 is 0 Å². The van der Waals surface area contributed by atoms with Gasteiger partial charge in [-0.25, -0.2) is 4.98 Å². The molecule has 0 spiro atoms. The van der Waals surface area contributed by atoms with E-state index >= 15 is 0 Å². The second-order valence-electron chi connectivity index (χ2n) is 3.48. The fraction of sp³-hybridized carbons (Fsp3) is 0.273. The van der Waals surface area contributed by atoms with Crippen LogP contribution in [-0.2, 0) is 11.2 Å². The van der Waals surface area contributed by atoms with E-state index in [1.165, 1.54) is 0 Å². The molecule has 2 aromatic heterocycles. The van der Waals surface area contributed by atoms with Crippen molar-refractivity contribution in [3.63, 3.8) is 0 Å². The Bertz CT molecular complexity index is 485. The van der Waals surface area contributed by atoms with E-state index in [1.54, 1.807) is 13.1 Å². The lowest BCUT2D eigenvalue weighted by Crippen LogP contribution is -2.03. The van der Waals surface area contributed by atoms with Gasteiger partial charge >= 0.3 is 0 Å². The number of carbonyl (C=O) groups excluding carboxylic acids is 1. The van der Waals surface area contributed by atoms with E-state index in [-0.39, 0.29) is 5.78 Å². The third-order valence-electron chi connectivity index (χ3n) is 2.23. The van der Waals surface area contributed by atoms with Gasteiger partial charge in [-0.2, -0.15) is 0 Å². The molecule has 0 saturated carbocycles. The summed E-state index contributed by atoms with van der Waals surface area (Å²) in [6.45, 7) is 3.59. The van der Waals surface area contributed by atoms with E-state index in [0.717, 1.165) is 17.0 Å². The molecule has 2 aromatic rings. The number of carbonyl (C=O) groups is 1. The normalized spacial score (nSPS) is 10.7. The van der Waals surface area contributed by atoms with Gasteiger partial charge in [-0.15, -0.1) is 0 Å². The predicted molar refractivity (Wildman–Crippen MR) is 54.3 cm³/mol. The van der Waals surface area contributed by atoms with Crippen molar-refractivity contribution < 1.29 is 4.79 Å². The van der Waals surface area contributed by atoms with Crippen molar-refractivity contribution in [1.29, 1.82) is 0 Å². The molecule has 72 valence electrons. The van der Waals surface area contributed by atoms with Gasteiger partial charge in [-0.1, -0.05) is 6.07 Å². The first-order chi connectivity index (χ1) is 6.68. The SMILES string of the molecule is CC(=O)Cc1ncc2cccc(C)n12. The van der Waals surface area contributed by atoms with E-state index in [1.807, 2.05) is 29.5 Å². The number of hydrogen-bond acceptors (Lipinski definition) is 2. The number of fused-ring (bicyclic) bond motifs is 1. The average molecular weight is 188 g/mol. The van der Waals surface area contributed by atoms with E-state index in [2.05, 4.69) is 4.98 Å². The van der Waals surface area contributed by atoms with Crippen LogP contribution in [0.4, 0.5) is 0 Å². The third kappa shape index (κ3) is 1.41. The maximum Gasteiger partial charge on any atom is 0.137 e. The van der Waals surface area contributed by atoms with Crippen LogP contribution in [0.5, 0.6) is 0 Å². The van der Waals surface area contributed by atoms with Crippen LogP contribution in [0.3, 0.4) is 0 Å². The molecule has 0 fully saturated rings. The fourth-order valence-corrected chi connectivity index (χ4v) is 1.64. The molecule has 0 N–H and O–H groups in total. The number of rotatable bonds is 2. The van der Waals surface area contributed by atoms with E-state index < -0.39 is 0 Å². The standard InChI is InChI=1S/C11H12N2O/c1-8-4-3-5-10-7-12-11(13(8)10)6-9(2)14/h3-5,7H,6H2,1-2H3. The highest BCUT2D eigenvalue weighted by molar-refractivity contribution is 5.77. The minimum Gasteiger partial charge on any atom is -0.301 e. The van der Waals surface area contributed by atoms with E-state index in [9.17, 15) is 4.79 Å². The molecule has 0 saturated heterocycles. The van der Waals surface area contributed by atoms with Crippen molar-refractivity contribution in [3.8, 4) is 0 Å². The van der Waals surface area contributed by atoms with Crippen molar-refractivity contribution in [2.24, 2.45) is 0 Å². The van der Waals surface area contributed by atoms with Crippen molar-refractivity contribution in [3.05, 3.63) is 35.9 Å². The summed E-state index contributed by atoms with van der Waals surface area (Å²) in [7, 11) is 0. The Morgan fingerprint density at radius 1 is 1.50 bits per heavy atom. The summed E-state index contributed by atoms with van der Waals surface area (Å²) in [6.07, 6.45) is 2.20. The number of hydrogen-bond donors (Lipinski definition) is 0. The lowest BCUT2D eigenvalue weighted by atomic mass is 10.3. The maximum absolute atomic E-state index is 11.0. The summed E-state index contributed by atoms with van der Waals surface area (Å²) in [5.41, 5.74) is 2.15. The monoisotopic (exact) mass is 188 g/mol. The van der Waals surface area contributed by atoms with Crippen molar-refractivity contribution in [1.82, 2.24) is 9.38 Å². The molecule has 14 heavy (non-hydrogen) atoms. The average Bonchev–Trinajstić information content (AvgIpc) is 2.49. The van der Waals surface area contributed by atoms with Gasteiger partial charge in [-0.3, -0.25) is 4.79 Å². The molecule has 2 heterocycles. The molecule has 0 atom stereocenters. The molecule has 2 rings (SSSR count). The number of Topliss-reactive ketones (excluding diaryl/α,β-unsaturated/α-hetero) is 1. The second kappa shape index (κ2) is 3.25. The molecule has 3 heteroatoms. The fourth-order valence-electron chi connectivity index (χ4n) is 1.64. The Labute approximate surface area is 82.4 Å². The van der Waals surface area contributed by atoms with Crippen molar-refractivity contribution >= 4 is 11.3 Å². The molecule has 0 unspecified atom stereocenters. The van der Waals surface area contributed by atoms with Crippen LogP contribution in [0.1, 0.15) is 18.4 Å². The first kappa shape index (κ1) is 8.94. The topological polar surface area (TPSA) is 34.4 Å². The van der Waals surface area contributed by atoms with Crippen LogP contribution in [0, 0.1) is 6.92 Å². The van der Waals surface area contributed by atoms with Crippen LogP contribution < -0.4 is 0 Å². The zero-order valence-corrected chi connectivity index (χ0v) is 8.32. The van der Waals surface area contributed by atoms with E-state index in [4.69, 9.17) is 0 Å². The summed E-state index contributed by atoms with van der Waals surface area (Å²) in [4.78, 5) is 15.3. The summed E-state index contributed by atoms with van der Waals surface area (Å²) in [6, 6.07) is 5.99. The Hall–Kier alpha value is -1.64. The van der Waals surface area contributed by atoms with Gasteiger partial charge in [0, 0.05) is 5.69 Å². The van der Waals surface area contributed by atoms with Crippen LogP contribution in [0.2, 0.25) is 0 Å². The van der Waals surface area contributed by atoms with Crippen molar-refractivity contribution in [2.45, 2.75) is 20.3 Å². The first-order valence-corrected chi connectivity index (χ1v) is 4.60. The summed E-state index contributed by atoms with van der Waals surface area (Å²) in [5, 5.41) is 0. The Morgan fingerprint density at radius 3 is 3.00 bits per heavy atom. The number of pyridine rings is 1. The summed E-state index contributed by atoms with van der Waals surface area (Å²) >= 11 is 0. The lowest BCUT2D eigenvalue weighted by Gasteiger charge is -2.02. The van der Waals surface area contributed by atoms with E-state index in [0.29, 0.717) is 6.42 Å². The van der Waals surface area contributed by atoms with Gasteiger partial charge in [0.05, 0.1) is 18.1 Å². The Balaban J connectivity index is 2.61. The largest absolute Gasteiger partial charge is 0.301 e. The molecule has 0 amide bonds. The predicted octanol–water partition coefficient (Wildman–Crippen LogP) is 1.77. The highest BCUT2D eigenvalue weighted by atomic mass is 16.1. The van der Waals surface area contributed by atoms with Gasteiger partial charge in [0.2, 0.25) is 0 Å². The van der Waals surface area contributed by atoms with Gasteiger partial charge in [0.15, 0.2) is 0 Å². The molecule has 0 aliphatic heterocycles. The summed E-state index contributed by atoms with van der Waals surface area (Å²) < 4.78 is 2.02. The molecule has 3 nitrogen and oxygen atoms in total. The van der Waals surface area contributed by atoms with Crippen LogP contribution in [0.25, 0.3) is 5.52 Å². The number of aryl methyl sites for hydroxylation is 1. The minimum absolute atomic E-state index is 0.140. The van der Waals surface area contributed by atoms with Gasteiger partial charge in [-0.05, 0) is 26.0 Å². The third-order valence-corrected chi connectivity index (χ3v) is 2.23. The molecule has 0 aliphatic rings. The quantitative estimate of drug-likeness (QED) is 0.719. The Morgan fingerprint density at radius 2 is 2.29 bits per heavy atom. The number of nitrogens with zero attached hydrogens (tertiary/aromatic N) is 2. The highest BCUT2D eigenvalue weighted by Crippen LogP contribution is 2.10. The summed E-state index contributed by atoms with van der Waals surface area (Å²) in [5.74, 6) is 0.964. The highest BCUT2D eigenvalue weighted by Gasteiger charge is 2.06. The Kier molecular flexibility index (Phi) is 2.08. The minimum atomic E-state index is 0.140. The van der Waals surface area contributed by atoms with Gasteiger partial charge in [0.25, 0.3) is 0 Å². The first-order valence-electron chi connectivity index (χ1n) is 4.60. The molecular formula is C11H12N2O. The van der Waals surface area contributed by atoms with Gasteiger partial charge in [0.1, 0.15) is 11.6 Å². The number of ketones is 1. The molecule has 0 aliphatic carbocycles. The number of imidazole rings is 1. The number of aromatic nitrogens is 2. The van der Waals surface area contributed by atoms with Gasteiger partial charge < -0.3 is 4.40 Å². The molecule has 0 aromatic carbocycles.